The maximum atomic E-state index is 12.5. The molecule has 1 N–H and O–H groups in total. The summed E-state index contributed by atoms with van der Waals surface area (Å²) in [5.41, 5.74) is 1.11. The summed E-state index contributed by atoms with van der Waals surface area (Å²) >= 11 is 1.55. The van der Waals surface area contributed by atoms with Crippen LogP contribution in [0.4, 0.5) is 8.78 Å². The second-order valence-electron chi connectivity index (χ2n) is 5.41. The van der Waals surface area contributed by atoms with E-state index < -0.39 is 26.4 Å². The van der Waals surface area contributed by atoms with Crippen molar-refractivity contribution in [2.24, 2.45) is 0 Å². The van der Waals surface area contributed by atoms with E-state index in [4.69, 9.17) is 0 Å². The number of halogens is 2. The van der Waals surface area contributed by atoms with Gasteiger partial charge in [-0.2, -0.15) is 8.78 Å². The van der Waals surface area contributed by atoms with E-state index in [9.17, 15) is 22.0 Å². The molecule has 1 heterocycles. The number of benzene rings is 2. The highest BCUT2D eigenvalue weighted by molar-refractivity contribution is 7.91. The Bertz CT molecular complexity index is 999. The first kappa shape index (κ1) is 18.4. The summed E-state index contributed by atoms with van der Waals surface area (Å²) in [6.07, 6.45) is 0.558. The lowest BCUT2D eigenvalue weighted by Gasteiger charge is -2.06. The number of rotatable bonds is 6. The summed E-state index contributed by atoms with van der Waals surface area (Å²) in [5.74, 6) is -3.90. The van der Waals surface area contributed by atoms with Crippen LogP contribution in [-0.2, 0) is 16.3 Å². The number of fused-ring (bicyclic) bond motifs is 1. The molecule has 5 nitrogen and oxygen atoms in total. The Labute approximate surface area is 152 Å². The number of carbonyl (C=O) groups is 1. The average Bonchev–Trinajstić information content (AvgIpc) is 3.04. The molecule has 0 aliphatic carbocycles. The van der Waals surface area contributed by atoms with E-state index in [0.717, 1.165) is 27.4 Å². The molecule has 0 radical (unpaired) electrons. The minimum atomic E-state index is -4.66. The van der Waals surface area contributed by atoms with Crippen molar-refractivity contribution in [2.75, 3.05) is 6.54 Å². The summed E-state index contributed by atoms with van der Waals surface area (Å²) in [6.45, 7) is 0.357. The Balaban J connectivity index is 1.59. The molecule has 0 spiro atoms. The highest BCUT2D eigenvalue weighted by atomic mass is 32.2. The molecule has 1 amide bonds. The number of alkyl halides is 2. The van der Waals surface area contributed by atoms with Gasteiger partial charge < -0.3 is 5.32 Å². The van der Waals surface area contributed by atoms with Gasteiger partial charge in [-0.05, 0) is 36.4 Å². The number of carbonyl (C=O) groups excluding carboxylic acids is 1. The van der Waals surface area contributed by atoms with Gasteiger partial charge in [0.25, 0.3) is 5.91 Å². The monoisotopic (exact) mass is 396 g/mol. The fourth-order valence-corrected chi connectivity index (χ4v) is 4.00. The lowest BCUT2D eigenvalue weighted by atomic mass is 10.2. The molecule has 0 saturated carbocycles. The van der Waals surface area contributed by atoms with Crippen molar-refractivity contribution in [1.29, 1.82) is 0 Å². The first-order chi connectivity index (χ1) is 12.4. The third-order valence-electron chi connectivity index (χ3n) is 3.64. The van der Waals surface area contributed by atoms with Crippen LogP contribution < -0.4 is 5.32 Å². The maximum absolute atomic E-state index is 12.5. The van der Waals surface area contributed by atoms with Crippen molar-refractivity contribution in [1.82, 2.24) is 10.3 Å². The predicted molar refractivity (Wildman–Crippen MR) is 95.3 cm³/mol. The van der Waals surface area contributed by atoms with Gasteiger partial charge in [-0.1, -0.05) is 12.1 Å². The van der Waals surface area contributed by atoms with Gasteiger partial charge in [0.15, 0.2) is 0 Å². The number of nitrogens with one attached hydrogen (secondary N) is 1. The normalized spacial score (nSPS) is 11.8. The van der Waals surface area contributed by atoms with Crippen LogP contribution >= 0.6 is 11.3 Å². The summed E-state index contributed by atoms with van der Waals surface area (Å²) in [6, 6.07) is 12.2. The molecule has 0 aliphatic rings. The summed E-state index contributed by atoms with van der Waals surface area (Å²) in [7, 11) is -4.66. The van der Waals surface area contributed by atoms with E-state index >= 15 is 0 Å². The van der Waals surface area contributed by atoms with Crippen LogP contribution in [0.25, 0.3) is 10.2 Å². The molecule has 0 bridgehead atoms. The molecule has 136 valence electrons. The summed E-state index contributed by atoms with van der Waals surface area (Å²) in [4.78, 5) is 16.0. The minimum Gasteiger partial charge on any atom is -0.352 e. The van der Waals surface area contributed by atoms with Crippen LogP contribution in [0.1, 0.15) is 15.4 Å². The fraction of sp³-hybridized carbons (Fsp3) is 0.176. The molecule has 3 rings (SSSR count). The fourth-order valence-electron chi connectivity index (χ4n) is 2.31. The predicted octanol–water partition coefficient (Wildman–Crippen LogP) is 3.27. The third-order valence-corrected chi connectivity index (χ3v) is 6.14. The van der Waals surface area contributed by atoms with Crippen LogP contribution in [0.5, 0.6) is 0 Å². The van der Waals surface area contributed by atoms with E-state index in [1.165, 1.54) is 12.1 Å². The molecule has 0 fully saturated rings. The first-order valence-corrected chi connectivity index (χ1v) is 9.99. The second kappa shape index (κ2) is 7.46. The zero-order valence-electron chi connectivity index (χ0n) is 13.4. The van der Waals surface area contributed by atoms with Crippen molar-refractivity contribution in [3.8, 4) is 0 Å². The van der Waals surface area contributed by atoms with Gasteiger partial charge in [-0.25, -0.2) is 13.4 Å². The zero-order valence-corrected chi connectivity index (χ0v) is 15.0. The number of nitrogens with zero attached hydrogens (tertiary/aromatic N) is 1. The molecule has 0 aliphatic heterocycles. The largest absolute Gasteiger partial charge is 0.352 e. The number of para-hydroxylation sites is 1. The van der Waals surface area contributed by atoms with Crippen LogP contribution in [0, 0.1) is 0 Å². The minimum absolute atomic E-state index is 0.197. The van der Waals surface area contributed by atoms with Gasteiger partial charge in [0.2, 0.25) is 9.84 Å². The number of thiazole rings is 1. The number of amides is 1. The van der Waals surface area contributed by atoms with Gasteiger partial charge in [0.1, 0.15) is 0 Å². The molecule has 9 heteroatoms. The van der Waals surface area contributed by atoms with Crippen molar-refractivity contribution in [2.45, 2.75) is 17.1 Å². The highest BCUT2D eigenvalue weighted by Crippen LogP contribution is 2.21. The van der Waals surface area contributed by atoms with Crippen molar-refractivity contribution in [3.63, 3.8) is 0 Å². The lowest BCUT2D eigenvalue weighted by molar-refractivity contribution is 0.0954. The molecule has 26 heavy (non-hydrogen) atoms. The van der Waals surface area contributed by atoms with Gasteiger partial charge in [0.05, 0.1) is 20.1 Å². The van der Waals surface area contributed by atoms with Crippen LogP contribution in [0.2, 0.25) is 0 Å². The van der Waals surface area contributed by atoms with Crippen LogP contribution in [0.15, 0.2) is 53.4 Å². The Morgan fingerprint density at radius 3 is 2.46 bits per heavy atom. The van der Waals surface area contributed by atoms with E-state index in [-0.39, 0.29) is 5.56 Å². The van der Waals surface area contributed by atoms with E-state index in [1.54, 1.807) is 11.3 Å². The van der Waals surface area contributed by atoms with Crippen LogP contribution in [-0.4, -0.2) is 31.6 Å². The Hall–Kier alpha value is -2.39. The van der Waals surface area contributed by atoms with Gasteiger partial charge in [0, 0.05) is 18.5 Å². The molecule has 0 unspecified atom stereocenters. The van der Waals surface area contributed by atoms with E-state index in [2.05, 4.69) is 10.3 Å². The lowest BCUT2D eigenvalue weighted by Crippen LogP contribution is -2.25. The van der Waals surface area contributed by atoms with Crippen LogP contribution in [0.3, 0.4) is 0 Å². The molecule has 0 saturated heterocycles. The molecule has 3 aromatic rings. The zero-order chi connectivity index (χ0) is 18.7. The Morgan fingerprint density at radius 1 is 1.12 bits per heavy atom. The quantitative estimate of drug-likeness (QED) is 0.694. The summed E-state index contributed by atoms with van der Waals surface area (Å²) < 4.78 is 48.8. The van der Waals surface area contributed by atoms with Crippen molar-refractivity contribution >= 4 is 37.3 Å². The molecule has 2 aromatic carbocycles. The van der Waals surface area contributed by atoms with Gasteiger partial charge in [-0.15, -0.1) is 11.3 Å². The number of hydrogen-bond acceptors (Lipinski definition) is 5. The molecular weight excluding hydrogens is 382 g/mol. The van der Waals surface area contributed by atoms with Gasteiger partial charge >= 0.3 is 5.76 Å². The number of aromatic nitrogens is 1. The standard InChI is InChI=1S/C17H14F2N2O3S2/c18-17(19)26(23,24)12-7-5-11(6-8-12)16(22)20-10-9-15-21-13-3-1-2-4-14(13)25-15/h1-8,17H,9-10H2,(H,20,22). The maximum Gasteiger partial charge on any atom is 0.341 e. The third kappa shape index (κ3) is 3.88. The number of hydrogen-bond donors (Lipinski definition) is 1. The van der Waals surface area contributed by atoms with E-state index in [0.29, 0.717) is 13.0 Å². The highest BCUT2D eigenvalue weighted by Gasteiger charge is 2.26. The second-order valence-corrected chi connectivity index (χ2v) is 8.44. The average molecular weight is 396 g/mol. The molecule has 0 atom stereocenters. The number of sulfone groups is 1. The molecule has 1 aromatic heterocycles. The Kier molecular flexibility index (Phi) is 5.28. The van der Waals surface area contributed by atoms with Crippen molar-refractivity contribution in [3.05, 3.63) is 59.1 Å². The first-order valence-electron chi connectivity index (χ1n) is 7.63. The SMILES string of the molecule is O=C(NCCc1nc2ccccc2s1)c1ccc(S(=O)(=O)C(F)F)cc1. The van der Waals surface area contributed by atoms with Gasteiger partial charge in [-0.3, -0.25) is 4.79 Å². The van der Waals surface area contributed by atoms with E-state index in [1.807, 2.05) is 24.3 Å². The topological polar surface area (TPSA) is 76.1 Å². The van der Waals surface area contributed by atoms with Crippen molar-refractivity contribution < 1.29 is 22.0 Å². The summed E-state index contributed by atoms with van der Waals surface area (Å²) in [5, 5.41) is 3.60. The molecular formula is C17H14F2N2O3S2. The Morgan fingerprint density at radius 2 is 1.81 bits per heavy atom. The smallest absolute Gasteiger partial charge is 0.341 e.